The van der Waals surface area contributed by atoms with Crippen LogP contribution in [0.5, 0.6) is 0 Å². The van der Waals surface area contributed by atoms with Crippen molar-refractivity contribution in [3.63, 3.8) is 0 Å². The molecule has 1 aromatic carbocycles. The van der Waals surface area contributed by atoms with E-state index in [2.05, 4.69) is 5.32 Å². The Morgan fingerprint density at radius 3 is 2.86 bits per heavy atom. The van der Waals surface area contributed by atoms with Crippen molar-refractivity contribution in [3.8, 4) is 0 Å². The van der Waals surface area contributed by atoms with E-state index < -0.39 is 5.92 Å². The first-order valence-corrected chi connectivity index (χ1v) is 8.12. The number of carbonyl (C=O) groups is 2. The molecule has 0 saturated heterocycles. The van der Waals surface area contributed by atoms with Crippen LogP contribution in [0.15, 0.2) is 36.4 Å². The van der Waals surface area contributed by atoms with E-state index >= 15 is 0 Å². The molecule has 2 aromatic rings. The fourth-order valence-electron chi connectivity index (χ4n) is 2.65. The molecule has 4 nitrogen and oxygen atoms in total. The van der Waals surface area contributed by atoms with Crippen molar-refractivity contribution >= 4 is 40.4 Å². The van der Waals surface area contributed by atoms with Gasteiger partial charge in [0.05, 0.1) is 16.8 Å². The van der Waals surface area contributed by atoms with Gasteiger partial charge in [-0.15, -0.1) is 11.3 Å². The van der Waals surface area contributed by atoms with E-state index in [1.54, 1.807) is 11.9 Å². The van der Waals surface area contributed by atoms with Gasteiger partial charge in [0.25, 0.3) is 0 Å². The van der Waals surface area contributed by atoms with Crippen LogP contribution in [-0.2, 0) is 16.1 Å². The van der Waals surface area contributed by atoms with Crippen molar-refractivity contribution in [2.75, 3.05) is 12.4 Å². The molecule has 3 rings (SSSR count). The summed E-state index contributed by atoms with van der Waals surface area (Å²) in [5, 5.41) is 2.81. The quantitative estimate of drug-likeness (QED) is 0.934. The van der Waals surface area contributed by atoms with E-state index in [0.717, 1.165) is 16.1 Å². The van der Waals surface area contributed by atoms with Gasteiger partial charge in [-0.1, -0.05) is 29.8 Å². The predicted octanol–water partition coefficient (Wildman–Crippen LogP) is 3.49. The van der Waals surface area contributed by atoms with Crippen LogP contribution < -0.4 is 5.32 Å². The van der Waals surface area contributed by atoms with E-state index in [1.165, 1.54) is 11.3 Å². The number of rotatable bonds is 3. The highest BCUT2D eigenvalue weighted by Gasteiger charge is 2.32. The van der Waals surface area contributed by atoms with Gasteiger partial charge in [0.2, 0.25) is 11.8 Å². The second-order valence-electron chi connectivity index (χ2n) is 5.29. The van der Waals surface area contributed by atoms with Crippen LogP contribution in [0.3, 0.4) is 0 Å². The Morgan fingerprint density at radius 1 is 1.36 bits per heavy atom. The molecule has 1 aliphatic heterocycles. The third-order valence-corrected chi connectivity index (χ3v) is 4.91. The van der Waals surface area contributed by atoms with Crippen molar-refractivity contribution in [1.29, 1.82) is 0 Å². The number of hydrogen-bond acceptors (Lipinski definition) is 3. The molecule has 1 aromatic heterocycles. The van der Waals surface area contributed by atoms with Crippen molar-refractivity contribution in [2.45, 2.75) is 18.9 Å². The third kappa shape index (κ3) is 3.00. The van der Waals surface area contributed by atoms with E-state index in [1.807, 2.05) is 36.4 Å². The smallest absolute Gasteiger partial charge is 0.230 e. The molecule has 1 atom stereocenters. The fourth-order valence-corrected chi connectivity index (χ4v) is 3.79. The average molecular weight is 335 g/mol. The number of nitrogens with zero attached hydrogens (tertiary/aromatic N) is 1. The molecule has 1 aliphatic rings. The number of para-hydroxylation sites is 1. The van der Waals surface area contributed by atoms with Gasteiger partial charge in [0, 0.05) is 24.0 Å². The zero-order valence-electron chi connectivity index (χ0n) is 12.0. The Hall–Kier alpha value is -1.85. The van der Waals surface area contributed by atoms with Gasteiger partial charge in [-0.3, -0.25) is 9.59 Å². The van der Waals surface area contributed by atoms with Crippen molar-refractivity contribution in [2.24, 2.45) is 0 Å². The Morgan fingerprint density at radius 2 is 2.14 bits per heavy atom. The molecule has 22 heavy (non-hydrogen) atoms. The number of nitrogens with one attached hydrogen (secondary N) is 1. The van der Waals surface area contributed by atoms with Gasteiger partial charge in [0.15, 0.2) is 0 Å². The maximum absolute atomic E-state index is 12.7. The van der Waals surface area contributed by atoms with E-state index in [4.69, 9.17) is 11.6 Å². The first kappa shape index (κ1) is 15.1. The Labute approximate surface area is 137 Å². The number of amides is 2. The van der Waals surface area contributed by atoms with Crippen LogP contribution in [0.2, 0.25) is 4.34 Å². The number of carbonyl (C=O) groups excluding carboxylic acids is 2. The summed E-state index contributed by atoms with van der Waals surface area (Å²) < 4.78 is 0.707. The Balaban J connectivity index is 1.81. The van der Waals surface area contributed by atoms with Crippen molar-refractivity contribution < 1.29 is 9.59 Å². The number of fused-ring (bicyclic) bond motifs is 1. The second-order valence-corrected chi connectivity index (χ2v) is 7.09. The normalized spacial score (nSPS) is 16.8. The summed E-state index contributed by atoms with van der Waals surface area (Å²) in [5.74, 6) is -0.596. The van der Waals surface area contributed by atoms with Crippen LogP contribution in [-0.4, -0.2) is 23.8 Å². The van der Waals surface area contributed by atoms with E-state index in [0.29, 0.717) is 10.9 Å². The molecule has 0 unspecified atom stereocenters. The summed E-state index contributed by atoms with van der Waals surface area (Å²) in [7, 11) is 1.76. The molecule has 0 radical (unpaired) electrons. The standard InChI is InChI=1S/C16H15ClN2O2S/c1-19(9-10-6-7-14(17)22-10)16(21)12-8-15(20)18-13-5-3-2-4-11(12)13/h2-7,12H,8-9H2,1H3,(H,18,20)/t12-/m1/s1. The van der Waals surface area contributed by atoms with Gasteiger partial charge in [-0.05, 0) is 23.8 Å². The Bertz CT molecular complexity index is 728. The average Bonchev–Trinajstić information content (AvgIpc) is 2.90. The summed E-state index contributed by atoms with van der Waals surface area (Å²) in [6.45, 7) is 0.497. The lowest BCUT2D eigenvalue weighted by atomic mass is 9.89. The summed E-state index contributed by atoms with van der Waals surface area (Å²) in [4.78, 5) is 27.2. The van der Waals surface area contributed by atoms with Gasteiger partial charge in [0.1, 0.15) is 0 Å². The van der Waals surface area contributed by atoms with Crippen LogP contribution in [0.1, 0.15) is 22.8 Å². The molecule has 1 N–H and O–H groups in total. The molecular formula is C16H15ClN2O2S. The van der Waals surface area contributed by atoms with Crippen LogP contribution in [0, 0.1) is 0 Å². The number of benzene rings is 1. The highest BCUT2D eigenvalue weighted by Crippen LogP contribution is 2.33. The topological polar surface area (TPSA) is 49.4 Å². The zero-order chi connectivity index (χ0) is 15.7. The lowest BCUT2D eigenvalue weighted by molar-refractivity contribution is -0.134. The Kier molecular flexibility index (Phi) is 4.18. The van der Waals surface area contributed by atoms with Gasteiger partial charge in [-0.25, -0.2) is 0 Å². The third-order valence-electron chi connectivity index (χ3n) is 3.70. The minimum atomic E-state index is -0.426. The molecule has 0 bridgehead atoms. The van der Waals surface area contributed by atoms with Gasteiger partial charge >= 0.3 is 0 Å². The van der Waals surface area contributed by atoms with Crippen LogP contribution >= 0.6 is 22.9 Å². The van der Waals surface area contributed by atoms with Gasteiger partial charge < -0.3 is 10.2 Å². The molecule has 114 valence electrons. The molecule has 0 aliphatic carbocycles. The zero-order valence-corrected chi connectivity index (χ0v) is 13.6. The highest BCUT2D eigenvalue weighted by atomic mass is 35.5. The van der Waals surface area contributed by atoms with Crippen LogP contribution in [0.4, 0.5) is 5.69 Å². The minimum Gasteiger partial charge on any atom is -0.340 e. The van der Waals surface area contributed by atoms with Crippen molar-refractivity contribution in [1.82, 2.24) is 4.90 Å². The highest BCUT2D eigenvalue weighted by molar-refractivity contribution is 7.16. The SMILES string of the molecule is CN(Cc1ccc(Cl)s1)C(=O)[C@@H]1CC(=O)Nc2ccccc21. The second kappa shape index (κ2) is 6.10. The summed E-state index contributed by atoms with van der Waals surface area (Å²) in [5.41, 5.74) is 1.60. The fraction of sp³-hybridized carbons (Fsp3) is 0.250. The lowest BCUT2D eigenvalue weighted by Crippen LogP contribution is -2.35. The minimum absolute atomic E-state index is 0.0492. The molecule has 0 saturated carbocycles. The number of anilines is 1. The molecule has 0 spiro atoms. The van der Waals surface area contributed by atoms with Gasteiger partial charge in [-0.2, -0.15) is 0 Å². The molecule has 2 amide bonds. The monoisotopic (exact) mass is 334 g/mol. The van der Waals surface area contributed by atoms with E-state index in [-0.39, 0.29) is 18.2 Å². The predicted molar refractivity (Wildman–Crippen MR) is 88.2 cm³/mol. The lowest BCUT2D eigenvalue weighted by Gasteiger charge is -2.28. The number of thiophene rings is 1. The first-order chi connectivity index (χ1) is 10.5. The summed E-state index contributed by atoms with van der Waals surface area (Å²) in [6, 6.07) is 11.2. The molecule has 6 heteroatoms. The molecule has 2 heterocycles. The number of hydrogen-bond donors (Lipinski definition) is 1. The summed E-state index contributed by atoms with van der Waals surface area (Å²) in [6.07, 6.45) is 0.186. The van der Waals surface area contributed by atoms with Crippen LogP contribution in [0.25, 0.3) is 0 Å². The molecular weight excluding hydrogens is 320 g/mol. The maximum Gasteiger partial charge on any atom is 0.230 e. The largest absolute Gasteiger partial charge is 0.340 e. The molecule has 0 fully saturated rings. The van der Waals surface area contributed by atoms with Crippen molar-refractivity contribution in [3.05, 3.63) is 51.2 Å². The van der Waals surface area contributed by atoms with E-state index in [9.17, 15) is 9.59 Å². The number of likely N-dealkylation sites (N-methyl/N-ethyl adjacent to an activating group) is 1. The number of halogens is 1. The first-order valence-electron chi connectivity index (χ1n) is 6.92. The summed E-state index contributed by atoms with van der Waals surface area (Å²) >= 11 is 7.38. The maximum atomic E-state index is 12.7.